The van der Waals surface area contributed by atoms with Crippen molar-refractivity contribution in [3.63, 3.8) is 0 Å². The lowest BCUT2D eigenvalue weighted by Gasteiger charge is -2.24. The summed E-state index contributed by atoms with van der Waals surface area (Å²) in [4.78, 5) is 37.7. The summed E-state index contributed by atoms with van der Waals surface area (Å²) in [5.74, 6) is -0.954. The van der Waals surface area contributed by atoms with E-state index in [0.29, 0.717) is 18.0 Å². The normalized spacial score (nSPS) is 16.3. The van der Waals surface area contributed by atoms with Crippen LogP contribution < -0.4 is 15.5 Å². The van der Waals surface area contributed by atoms with Gasteiger partial charge in [-0.25, -0.2) is 4.79 Å². The largest absolute Gasteiger partial charge is 0.468 e. The average molecular weight is 349 g/mol. The minimum atomic E-state index is -0.855. The van der Waals surface area contributed by atoms with Crippen molar-refractivity contribution in [3.8, 4) is 0 Å². The van der Waals surface area contributed by atoms with Crippen LogP contribution in [0.3, 0.4) is 0 Å². The van der Waals surface area contributed by atoms with Gasteiger partial charge < -0.3 is 20.1 Å². The van der Waals surface area contributed by atoms with Crippen LogP contribution in [-0.4, -0.2) is 50.8 Å². The quantitative estimate of drug-likeness (QED) is 0.597. The topological polar surface area (TPSA) is 97.0 Å². The lowest BCUT2D eigenvalue weighted by Crippen LogP contribution is -2.51. The Labute approximate surface area is 146 Å². The molecule has 0 saturated heterocycles. The summed E-state index contributed by atoms with van der Waals surface area (Å²) in [6.45, 7) is 2.23. The lowest BCUT2D eigenvalue weighted by atomic mass is 10.2. The van der Waals surface area contributed by atoms with Gasteiger partial charge in [0.2, 0.25) is 0 Å². The average Bonchev–Trinajstić information content (AvgIpc) is 2.74. The number of carbonyl (C=O) groups is 3. The molecule has 0 aliphatic carbocycles. The Kier molecular flexibility index (Phi) is 6.62. The Balaban J connectivity index is 2.15. The number of alkyl carbamates (subject to hydrolysis) is 1. The van der Waals surface area contributed by atoms with Crippen LogP contribution in [0.2, 0.25) is 0 Å². The first-order valence-corrected chi connectivity index (χ1v) is 8.21. The standard InChI is InChI=1S/C17H23N3O5/c1-3-4-9-25-17(23)19-13-10-18-12-7-5-6-8-14(12)20(16(13)22)11-15(21)24-2/h5-8,13,18H,3-4,9-11H2,1-2H3,(H,19,23). The summed E-state index contributed by atoms with van der Waals surface area (Å²) in [5, 5.41) is 5.67. The number of rotatable bonds is 6. The molecule has 0 spiro atoms. The van der Waals surface area contributed by atoms with Gasteiger partial charge in [-0.3, -0.25) is 14.5 Å². The zero-order valence-corrected chi connectivity index (χ0v) is 14.4. The van der Waals surface area contributed by atoms with Crippen molar-refractivity contribution in [3.05, 3.63) is 24.3 Å². The van der Waals surface area contributed by atoms with Crippen LogP contribution in [-0.2, 0) is 19.1 Å². The summed E-state index contributed by atoms with van der Waals surface area (Å²) in [5.41, 5.74) is 1.25. The molecule has 8 heteroatoms. The molecule has 2 amide bonds. The summed E-state index contributed by atoms with van der Waals surface area (Å²) in [6, 6.07) is 6.26. The fourth-order valence-corrected chi connectivity index (χ4v) is 2.43. The molecule has 2 N–H and O–H groups in total. The van der Waals surface area contributed by atoms with Crippen LogP contribution in [0.15, 0.2) is 24.3 Å². The second-order valence-corrected chi connectivity index (χ2v) is 5.58. The molecule has 0 saturated carbocycles. The number of ether oxygens (including phenoxy) is 2. The number of hydrogen-bond acceptors (Lipinski definition) is 6. The monoisotopic (exact) mass is 349 g/mol. The highest BCUT2D eigenvalue weighted by Gasteiger charge is 2.32. The van der Waals surface area contributed by atoms with Gasteiger partial charge in [-0.1, -0.05) is 25.5 Å². The van der Waals surface area contributed by atoms with Crippen molar-refractivity contribution < 1.29 is 23.9 Å². The van der Waals surface area contributed by atoms with E-state index in [1.54, 1.807) is 18.2 Å². The molecule has 1 unspecified atom stereocenters. The van der Waals surface area contributed by atoms with Crippen LogP contribution in [0.4, 0.5) is 16.2 Å². The molecule has 136 valence electrons. The molecule has 2 rings (SSSR count). The molecule has 8 nitrogen and oxygen atoms in total. The molecule has 1 aliphatic rings. The van der Waals surface area contributed by atoms with Gasteiger partial charge in [0.05, 0.1) is 25.1 Å². The fraction of sp³-hybridized carbons (Fsp3) is 0.471. The van der Waals surface area contributed by atoms with Gasteiger partial charge in [0, 0.05) is 6.54 Å². The third kappa shape index (κ3) is 4.85. The number of benzene rings is 1. The van der Waals surface area contributed by atoms with Crippen LogP contribution in [0.25, 0.3) is 0 Å². The molecule has 0 fully saturated rings. The van der Waals surface area contributed by atoms with E-state index in [2.05, 4.69) is 15.4 Å². The smallest absolute Gasteiger partial charge is 0.407 e. The van der Waals surface area contributed by atoms with Crippen molar-refractivity contribution >= 4 is 29.3 Å². The van der Waals surface area contributed by atoms with E-state index in [0.717, 1.165) is 12.8 Å². The van der Waals surface area contributed by atoms with E-state index in [1.165, 1.54) is 12.0 Å². The Morgan fingerprint density at radius 3 is 2.84 bits per heavy atom. The number of unbranched alkanes of at least 4 members (excludes halogenated alkanes) is 1. The molecule has 0 bridgehead atoms. The first-order chi connectivity index (χ1) is 12.1. The zero-order chi connectivity index (χ0) is 18.2. The van der Waals surface area contributed by atoms with Crippen LogP contribution in [0.1, 0.15) is 19.8 Å². The summed E-state index contributed by atoms with van der Waals surface area (Å²) >= 11 is 0. The molecule has 1 aromatic rings. The first kappa shape index (κ1) is 18.6. The lowest BCUT2D eigenvalue weighted by molar-refractivity contribution is -0.140. The van der Waals surface area contributed by atoms with Gasteiger partial charge in [0.1, 0.15) is 12.6 Å². The Morgan fingerprint density at radius 1 is 1.36 bits per heavy atom. The van der Waals surface area contributed by atoms with E-state index >= 15 is 0 Å². The SMILES string of the molecule is CCCCOC(=O)NC1CNc2ccccc2N(CC(=O)OC)C1=O. The van der Waals surface area contributed by atoms with Crippen molar-refractivity contribution in [2.45, 2.75) is 25.8 Å². The minimum absolute atomic E-state index is 0.191. The van der Waals surface area contributed by atoms with E-state index in [-0.39, 0.29) is 13.1 Å². The Hall–Kier alpha value is -2.77. The maximum Gasteiger partial charge on any atom is 0.407 e. The number of esters is 1. The van der Waals surface area contributed by atoms with Gasteiger partial charge in [-0.15, -0.1) is 0 Å². The van der Waals surface area contributed by atoms with E-state index in [1.807, 2.05) is 13.0 Å². The van der Waals surface area contributed by atoms with Crippen molar-refractivity contribution in [1.82, 2.24) is 5.32 Å². The molecular formula is C17H23N3O5. The number of fused-ring (bicyclic) bond motifs is 1. The molecule has 1 aromatic carbocycles. The summed E-state index contributed by atoms with van der Waals surface area (Å²) < 4.78 is 9.72. The predicted molar refractivity (Wildman–Crippen MR) is 92.5 cm³/mol. The van der Waals surface area contributed by atoms with Gasteiger partial charge in [-0.2, -0.15) is 0 Å². The Morgan fingerprint density at radius 2 is 2.12 bits per heavy atom. The van der Waals surface area contributed by atoms with Crippen molar-refractivity contribution in [1.29, 1.82) is 0 Å². The molecule has 1 heterocycles. The third-order valence-electron chi connectivity index (χ3n) is 3.79. The minimum Gasteiger partial charge on any atom is -0.468 e. The molecule has 25 heavy (non-hydrogen) atoms. The number of methoxy groups -OCH3 is 1. The number of hydrogen-bond donors (Lipinski definition) is 2. The summed E-state index contributed by atoms with van der Waals surface area (Å²) in [6.07, 6.45) is 1.00. The number of nitrogens with one attached hydrogen (secondary N) is 2. The molecule has 1 aliphatic heterocycles. The number of nitrogens with zero attached hydrogens (tertiary/aromatic N) is 1. The van der Waals surface area contributed by atoms with Crippen molar-refractivity contribution in [2.24, 2.45) is 0 Å². The number of para-hydroxylation sites is 2. The molecular weight excluding hydrogens is 326 g/mol. The van der Waals surface area contributed by atoms with Crippen molar-refractivity contribution in [2.75, 3.05) is 37.0 Å². The van der Waals surface area contributed by atoms with Gasteiger partial charge in [-0.05, 0) is 18.6 Å². The molecule has 0 aromatic heterocycles. The fourth-order valence-electron chi connectivity index (χ4n) is 2.43. The predicted octanol–water partition coefficient (Wildman–Crippen LogP) is 1.51. The van der Waals surface area contributed by atoms with E-state index < -0.39 is 24.0 Å². The second kappa shape index (κ2) is 8.91. The highest BCUT2D eigenvalue weighted by Crippen LogP contribution is 2.28. The zero-order valence-electron chi connectivity index (χ0n) is 14.4. The van der Waals surface area contributed by atoms with E-state index in [4.69, 9.17) is 4.74 Å². The number of carbonyl (C=O) groups excluding carboxylic acids is 3. The number of amides is 2. The first-order valence-electron chi connectivity index (χ1n) is 8.21. The van der Waals surface area contributed by atoms with E-state index in [9.17, 15) is 14.4 Å². The second-order valence-electron chi connectivity index (χ2n) is 5.58. The molecule has 1 atom stereocenters. The molecule has 0 radical (unpaired) electrons. The summed E-state index contributed by atoms with van der Waals surface area (Å²) in [7, 11) is 1.26. The maximum absolute atomic E-state index is 12.8. The van der Waals surface area contributed by atoms with Gasteiger partial charge >= 0.3 is 12.1 Å². The highest BCUT2D eigenvalue weighted by atomic mass is 16.5. The third-order valence-corrected chi connectivity index (χ3v) is 3.79. The Bertz CT molecular complexity index is 634. The van der Waals surface area contributed by atoms with Gasteiger partial charge in [0.25, 0.3) is 5.91 Å². The van der Waals surface area contributed by atoms with Gasteiger partial charge in [0.15, 0.2) is 0 Å². The van der Waals surface area contributed by atoms with Crippen LogP contribution in [0, 0.1) is 0 Å². The van der Waals surface area contributed by atoms with Crippen LogP contribution >= 0.6 is 0 Å². The van der Waals surface area contributed by atoms with Crippen LogP contribution in [0.5, 0.6) is 0 Å². The maximum atomic E-state index is 12.8. The number of anilines is 2. The highest BCUT2D eigenvalue weighted by molar-refractivity contribution is 6.05.